The SMILES string of the molecule is Cc1cc(C=O)nn1Cc1cc(C(=O)O)ccc1Cl. The van der Waals surface area contributed by atoms with Crippen molar-refractivity contribution < 1.29 is 14.7 Å². The predicted molar refractivity (Wildman–Crippen MR) is 69.9 cm³/mol. The van der Waals surface area contributed by atoms with Crippen LogP contribution in [-0.4, -0.2) is 27.1 Å². The third-order valence-corrected chi connectivity index (χ3v) is 3.10. The summed E-state index contributed by atoms with van der Waals surface area (Å²) in [6, 6.07) is 6.15. The molecule has 0 aliphatic heterocycles. The zero-order chi connectivity index (χ0) is 14.0. The summed E-state index contributed by atoms with van der Waals surface area (Å²) in [6.45, 7) is 2.13. The number of halogens is 1. The number of aromatic carboxylic acids is 1. The summed E-state index contributed by atoms with van der Waals surface area (Å²) in [6.07, 6.45) is 0.665. The zero-order valence-corrected chi connectivity index (χ0v) is 10.9. The Morgan fingerprint density at radius 2 is 2.21 bits per heavy atom. The molecule has 0 saturated carbocycles. The fraction of sp³-hybridized carbons (Fsp3) is 0.154. The Bertz CT molecular complexity index is 649. The number of carboxylic acid groups (broad SMARTS) is 1. The van der Waals surface area contributed by atoms with E-state index in [1.807, 2.05) is 6.92 Å². The number of rotatable bonds is 4. The van der Waals surface area contributed by atoms with Gasteiger partial charge in [0.25, 0.3) is 0 Å². The van der Waals surface area contributed by atoms with Crippen molar-refractivity contribution in [1.82, 2.24) is 9.78 Å². The van der Waals surface area contributed by atoms with Crippen LogP contribution in [-0.2, 0) is 6.54 Å². The summed E-state index contributed by atoms with van der Waals surface area (Å²) in [7, 11) is 0. The summed E-state index contributed by atoms with van der Waals surface area (Å²) in [5.74, 6) is -1.01. The number of nitrogens with zero attached hydrogens (tertiary/aromatic N) is 2. The number of aldehydes is 1. The highest BCUT2D eigenvalue weighted by molar-refractivity contribution is 6.31. The van der Waals surface area contributed by atoms with E-state index in [-0.39, 0.29) is 5.56 Å². The van der Waals surface area contributed by atoms with Crippen molar-refractivity contribution in [2.75, 3.05) is 0 Å². The molecule has 2 aromatic rings. The first-order valence-corrected chi connectivity index (χ1v) is 5.90. The molecule has 1 aromatic carbocycles. The topological polar surface area (TPSA) is 72.2 Å². The van der Waals surface area contributed by atoms with Gasteiger partial charge in [-0.3, -0.25) is 9.48 Å². The highest BCUT2D eigenvalue weighted by Gasteiger charge is 2.10. The first kappa shape index (κ1) is 13.3. The monoisotopic (exact) mass is 278 g/mol. The predicted octanol–water partition coefficient (Wildman–Crippen LogP) is 2.40. The molecular weight excluding hydrogens is 268 g/mol. The van der Waals surface area contributed by atoms with Crippen LogP contribution in [0, 0.1) is 6.92 Å². The van der Waals surface area contributed by atoms with Gasteiger partial charge in [0.1, 0.15) is 5.69 Å². The minimum atomic E-state index is -1.01. The number of carbonyl (C=O) groups excluding carboxylic acids is 1. The fourth-order valence-electron chi connectivity index (χ4n) is 1.74. The van der Waals surface area contributed by atoms with Crippen molar-refractivity contribution in [2.45, 2.75) is 13.5 Å². The van der Waals surface area contributed by atoms with E-state index in [2.05, 4.69) is 5.10 Å². The van der Waals surface area contributed by atoms with Crippen LogP contribution in [0.4, 0.5) is 0 Å². The molecule has 0 saturated heterocycles. The molecular formula is C13H11ClN2O3. The van der Waals surface area contributed by atoms with Crippen molar-refractivity contribution in [3.63, 3.8) is 0 Å². The molecule has 5 nitrogen and oxygen atoms in total. The van der Waals surface area contributed by atoms with Crippen LogP contribution in [0.15, 0.2) is 24.3 Å². The Labute approximate surface area is 114 Å². The number of aromatic nitrogens is 2. The van der Waals surface area contributed by atoms with Gasteiger partial charge in [0.2, 0.25) is 0 Å². The molecule has 6 heteroatoms. The van der Waals surface area contributed by atoms with Gasteiger partial charge < -0.3 is 5.11 Å². The standard InChI is InChI=1S/C13H11ClN2O3/c1-8-4-11(7-17)15-16(8)6-10-5-9(13(18)19)2-3-12(10)14/h2-5,7H,6H2,1H3,(H,18,19). The second-order valence-electron chi connectivity index (χ2n) is 4.10. The van der Waals surface area contributed by atoms with Crippen LogP contribution in [0.5, 0.6) is 0 Å². The van der Waals surface area contributed by atoms with Gasteiger partial charge in [-0.25, -0.2) is 4.79 Å². The van der Waals surface area contributed by atoms with Crippen molar-refractivity contribution in [3.05, 3.63) is 51.8 Å². The molecule has 19 heavy (non-hydrogen) atoms. The second kappa shape index (κ2) is 5.24. The van der Waals surface area contributed by atoms with E-state index in [1.165, 1.54) is 12.1 Å². The molecule has 0 aliphatic carbocycles. The number of benzene rings is 1. The van der Waals surface area contributed by atoms with E-state index in [9.17, 15) is 9.59 Å². The van der Waals surface area contributed by atoms with Crippen LogP contribution in [0.25, 0.3) is 0 Å². The second-order valence-corrected chi connectivity index (χ2v) is 4.50. The average molecular weight is 279 g/mol. The summed E-state index contributed by atoms with van der Waals surface area (Å²) in [5, 5.41) is 13.5. The van der Waals surface area contributed by atoms with E-state index in [1.54, 1.807) is 16.8 Å². The van der Waals surface area contributed by atoms with Crippen LogP contribution < -0.4 is 0 Å². The van der Waals surface area contributed by atoms with E-state index in [0.29, 0.717) is 29.1 Å². The highest BCUT2D eigenvalue weighted by Crippen LogP contribution is 2.19. The van der Waals surface area contributed by atoms with Gasteiger partial charge in [-0.1, -0.05) is 11.6 Å². The lowest BCUT2D eigenvalue weighted by Crippen LogP contribution is -2.06. The molecule has 2 rings (SSSR count). The molecule has 0 atom stereocenters. The minimum Gasteiger partial charge on any atom is -0.478 e. The molecule has 0 aliphatic rings. The molecule has 0 unspecified atom stereocenters. The molecule has 98 valence electrons. The third-order valence-electron chi connectivity index (χ3n) is 2.73. The Morgan fingerprint density at radius 1 is 1.47 bits per heavy atom. The molecule has 1 aromatic heterocycles. The maximum absolute atomic E-state index is 10.9. The van der Waals surface area contributed by atoms with Gasteiger partial charge in [0, 0.05) is 10.7 Å². The normalized spacial score (nSPS) is 10.4. The Morgan fingerprint density at radius 3 is 2.79 bits per heavy atom. The third kappa shape index (κ3) is 2.82. The van der Waals surface area contributed by atoms with Crippen LogP contribution >= 0.6 is 11.6 Å². The average Bonchev–Trinajstić information content (AvgIpc) is 2.72. The largest absolute Gasteiger partial charge is 0.478 e. The van der Waals surface area contributed by atoms with Gasteiger partial charge in [0.05, 0.1) is 12.1 Å². The summed E-state index contributed by atoms with van der Waals surface area (Å²) < 4.78 is 1.61. The van der Waals surface area contributed by atoms with Crippen molar-refractivity contribution >= 4 is 23.9 Å². The fourth-order valence-corrected chi connectivity index (χ4v) is 1.92. The first-order valence-electron chi connectivity index (χ1n) is 5.52. The number of carboxylic acids is 1. The highest BCUT2D eigenvalue weighted by atomic mass is 35.5. The Kier molecular flexibility index (Phi) is 3.66. The maximum Gasteiger partial charge on any atom is 0.335 e. The number of hydrogen-bond acceptors (Lipinski definition) is 3. The Hall–Kier alpha value is -2.14. The quantitative estimate of drug-likeness (QED) is 0.872. The molecule has 0 spiro atoms. The van der Waals surface area contributed by atoms with E-state index >= 15 is 0 Å². The smallest absolute Gasteiger partial charge is 0.335 e. The van der Waals surface area contributed by atoms with Gasteiger partial charge in [0.15, 0.2) is 6.29 Å². The molecule has 0 amide bonds. The summed E-state index contributed by atoms with van der Waals surface area (Å²) in [4.78, 5) is 21.6. The summed E-state index contributed by atoms with van der Waals surface area (Å²) >= 11 is 6.04. The molecule has 0 bridgehead atoms. The summed E-state index contributed by atoms with van der Waals surface area (Å²) in [5.41, 5.74) is 1.95. The molecule has 1 heterocycles. The zero-order valence-electron chi connectivity index (χ0n) is 10.1. The molecule has 0 radical (unpaired) electrons. The van der Waals surface area contributed by atoms with Gasteiger partial charge in [-0.05, 0) is 36.8 Å². The Balaban J connectivity index is 2.36. The van der Waals surface area contributed by atoms with E-state index in [4.69, 9.17) is 16.7 Å². The maximum atomic E-state index is 10.9. The molecule has 1 N–H and O–H groups in total. The van der Waals surface area contributed by atoms with E-state index < -0.39 is 5.97 Å². The lowest BCUT2D eigenvalue weighted by atomic mass is 10.1. The molecule has 0 fully saturated rings. The van der Waals surface area contributed by atoms with Gasteiger partial charge in [-0.2, -0.15) is 5.10 Å². The van der Waals surface area contributed by atoms with Crippen molar-refractivity contribution in [2.24, 2.45) is 0 Å². The van der Waals surface area contributed by atoms with Crippen LogP contribution in [0.3, 0.4) is 0 Å². The van der Waals surface area contributed by atoms with Crippen LogP contribution in [0.1, 0.15) is 32.1 Å². The minimum absolute atomic E-state index is 0.167. The van der Waals surface area contributed by atoms with Crippen molar-refractivity contribution in [3.8, 4) is 0 Å². The van der Waals surface area contributed by atoms with Gasteiger partial charge >= 0.3 is 5.97 Å². The van der Waals surface area contributed by atoms with Gasteiger partial charge in [-0.15, -0.1) is 0 Å². The lowest BCUT2D eigenvalue weighted by molar-refractivity contribution is 0.0696. The first-order chi connectivity index (χ1) is 9.01. The van der Waals surface area contributed by atoms with E-state index in [0.717, 1.165) is 5.69 Å². The number of carbonyl (C=O) groups is 2. The van der Waals surface area contributed by atoms with Crippen molar-refractivity contribution in [1.29, 1.82) is 0 Å². The number of hydrogen-bond donors (Lipinski definition) is 1. The number of aryl methyl sites for hydroxylation is 1. The lowest BCUT2D eigenvalue weighted by Gasteiger charge is -2.07. The van der Waals surface area contributed by atoms with Crippen LogP contribution in [0.2, 0.25) is 5.02 Å².